The number of carbonyl (C=O) groups is 1. The molecule has 0 aromatic carbocycles. The van der Waals surface area contributed by atoms with Crippen molar-refractivity contribution in [1.29, 1.82) is 0 Å². The van der Waals surface area contributed by atoms with Crippen molar-refractivity contribution in [2.75, 3.05) is 7.11 Å². The molecular formula is C9H7ClF3NO3. The van der Waals surface area contributed by atoms with E-state index in [-0.39, 0.29) is 17.0 Å². The van der Waals surface area contributed by atoms with E-state index in [1.807, 2.05) is 0 Å². The third kappa shape index (κ3) is 3.48. The fraction of sp³-hybridized carbons (Fsp3) is 0.333. The molecule has 1 heterocycles. The fourth-order valence-electron chi connectivity index (χ4n) is 1.17. The van der Waals surface area contributed by atoms with E-state index in [0.29, 0.717) is 0 Å². The normalized spacial score (nSPS) is 11.2. The quantitative estimate of drug-likeness (QED) is 0.792. The number of aromatic nitrogens is 1. The molecule has 8 heteroatoms. The number of aryl methyl sites for hydroxylation is 1. The average Bonchev–Trinajstić information content (AvgIpc) is 2.12. The first-order chi connectivity index (χ1) is 7.74. The van der Waals surface area contributed by atoms with Crippen molar-refractivity contribution in [3.8, 4) is 11.8 Å². The van der Waals surface area contributed by atoms with E-state index >= 15 is 0 Å². The summed E-state index contributed by atoms with van der Waals surface area (Å²) in [6.45, 7) is 1.39. The first kappa shape index (κ1) is 13.6. The molecule has 0 radical (unpaired) electrons. The minimum atomic E-state index is -4.86. The monoisotopic (exact) mass is 269 g/mol. The van der Waals surface area contributed by atoms with E-state index < -0.39 is 17.5 Å². The Hall–Kier alpha value is -1.50. The molecule has 17 heavy (non-hydrogen) atoms. The lowest BCUT2D eigenvalue weighted by Crippen LogP contribution is -2.18. The van der Waals surface area contributed by atoms with E-state index in [1.54, 1.807) is 0 Å². The van der Waals surface area contributed by atoms with Crippen LogP contribution in [0.2, 0.25) is 0 Å². The first-order valence-electron chi connectivity index (χ1n) is 4.26. The van der Waals surface area contributed by atoms with Crippen LogP contribution < -0.4 is 9.47 Å². The van der Waals surface area contributed by atoms with Gasteiger partial charge in [-0.2, -0.15) is 4.98 Å². The summed E-state index contributed by atoms with van der Waals surface area (Å²) >= 11 is 5.26. The summed E-state index contributed by atoms with van der Waals surface area (Å²) in [5.74, 6) is -1.03. The lowest BCUT2D eigenvalue weighted by Gasteiger charge is -2.12. The highest BCUT2D eigenvalue weighted by Gasteiger charge is 2.32. The van der Waals surface area contributed by atoms with E-state index in [4.69, 9.17) is 11.6 Å². The molecule has 1 aromatic heterocycles. The second kappa shape index (κ2) is 4.79. The van der Waals surface area contributed by atoms with E-state index in [0.717, 1.165) is 13.2 Å². The Balaban J connectivity index is 3.23. The number of carbonyl (C=O) groups excluding carboxylic acids is 1. The van der Waals surface area contributed by atoms with Crippen LogP contribution in [0, 0.1) is 6.92 Å². The molecular weight excluding hydrogens is 263 g/mol. The topological polar surface area (TPSA) is 48.4 Å². The van der Waals surface area contributed by atoms with Gasteiger partial charge in [0.25, 0.3) is 5.24 Å². The molecule has 0 fully saturated rings. The van der Waals surface area contributed by atoms with Crippen molar-refractivity contribution >= 4 is 16.8 Å². The standard InChI is InChI=1S/C9H7ClF3NO3/c1-4-3-5(17-9(11,12)13)14-8(16-2)6(4)7(10)15/h3H,1-2H3. The number of pyridine rings is 1. The smallest absolute Gasteiger partial charge is 0.480 e. The number of rotatable bonds is 3. The van der Waals surface area contributed by atoms with Crippen molar-refractivity contribution in [1.82, 2.24) is 4.98 Å². The predicted octanol–water partition coefficient (Wildman–Crippen LogP) is 2.68. The summed E-state index contributed by atoms with van der Waals surface area (Å²) in [7, 11) is 1.16. The zero-order chi connectivity index (χ0) is 13.2. The second-order valence-corrected chi connectivity index (χ2v) is 3.33. The maximum atomic E-state index is 12.0. The summed E-state index contributed by atoms with van der Waals surface area (Å²) in [6, 6.07) is 0.950. The van der Waals surface area contributed by atoms with Gasteiger partial charge in [-0.05, 0) is 24.1 Å². The highest BCUT2D eigenvalue weighted by Crippen LogP contribution is 2.28. The largest absolute Gasteiger partial charge is 0.574 e. The predicted molar refractivity (Wildman–Crippen MR) is 52.4 cm³/mol. The van der Waals surface area contributed by atoms with Gasteiger partial charge in [0.05, 0.1) is 12.7 Å². The van der Waals surface area contributed by atoms with Gasteiger partial charge in [-0.15, -0.1) is 13.2 Å². The first-order valence-corrected chi connectivity index (χ1v) is 4.63. The van der Waals surface area contributed by atoms with Gasteiger partial charge in [0.1, 0.15) is 0 Å². The summed E-state index contributed by atoms with van der Waals surface area (Å²) in [6.07, 6.45) is -4.86. The Labute approximate surface area is 99.3 Å². The van der Waals surface area contributed by atoms with Crippen molar-refractivity contribution < 1.29 is 27.4 Å². The summed E-state index contributed by atoms with van der Waals surface area (Å²) in [5, 5.41) is -0.870. The molecule has 0 atom stereocenters. The fourth-order valence-corrected chi connectivity index (χ4v) is 1.40. The van der Waals surface area contributed by atoms with Gasteiger partial charge < -0.3 is 9.47 Å². The lowest BCUT2D eigenvalue weighted by atomic mass is 10.1. The van der Waals surface area contributed by atoms with E-state index in [1.165, 1.54) is 6.92 Å². The van der Waals surface area contributed by atoms with Crippen LogP contribution in [0.5, 0.6) is 11.8 Å². The minimum Gasteiger partial charge on any atom is -0.480 e. The van der Waals surface area contributed by atoms with Crippen LogP contribution in [-0.4, -0.2) is 23.7 Å². The molecule has 0 unspecified atom stereocenters. The molecule has 0 N–H and O–H groups in total. The number of alkyl halides is 3. The van der Waals surface area contributed by atoms with Crippen molar-refractivity contribution in [2.45, 2.75) is 13.3 Å². The number of ether oxygens (including phenoxy) is 2. The van der Waals surface area contributed by atoms with Gasteiger partial charge in [0.2, 0.25) is 11.8 Å². The Morgan fingerprint density at radius 1 is 1.47 bits per heavy atom. The molecule has 1 aromatic rings. The van der Waals surface area contributed by atoms with Crippen molar-refractivity contribution in [3.63, 3.8) is 0 Å². The van der Waals surface area contributed by atoms with Crippen LogP contribution in [0.15, 0.2) is 6.07 Å². The molecule has 1 rings (SSSR count). The molecule has 0 amide bonds. The maximum Gasteiger partial charge on any atom is 0.574 e. The highest BCUT2D eigenvalue weighted by molar-refractivity contribution is 6.68. The van der Waals surface area contributed by atoms with Gasteiger partial charge >= 0.3 is 6.36 Å². The lowest BCUT2D eigenvalue weighted by molar-refractivity contribution is -0.276. The van der Waals surface area contributed by atoms with Gasteiger partial charge in [0.15, 0.2) is 0 Å². The average molecular weight is 270 g/mol. The number of methoxy groups -OCH3 is 1. The molecule has 0 aliphatic heterocycles. The van der Waals surface area contributed by atoms with Crippen molar-refractivity contribution in [3.05, 3.63) is 17.2 Å². The van der Waals surface area contributed by atoms with Crippen LogP contribution in [0.3, 0.4) is 0 Å². The third-order valence-corrected chi connectivity index (χ3v) is 1.96. The van der Waals surface area contributed by atoms with Crippen LogP contribution in [0.4, 0.5) is 13.2 Å². The van der Waals surface area contributed by atoms with E-state index in [2.05, 4.69) is 14.5 Å². The number of hydrogen-bond donors (Lipinski definition) is 0. The SMILES string of the molecule is COc1nc(OC(F)(F)F)cc(C)c1C(=O)Cl. The van der Waals surface area contributed by atoms with Crippen LogP contribution in [0.1, 0.15) is 15.9 Å². The zero-order valence-corrected chi connectivity index (χ0v) is 9.52. The summed E-state index contributed by atoms with van der Waals surface area (Å²) in [5.41, 5.74) is 0.0831. The molecule has 0 saturated heterocycles. The summed E-state index contributed by atoms with van der Waals surface area (Å²) < 4.78 is 44.2. The molecule has 0 bridgehead atoms. The Morgan fingerprint density at radius 3 is 2.47 bits per heavy atom. The van der Waals surface area contributed by atoms with Crippen molar-refractivity contribution in [2.24, 2.45) is 0 Å². The third-order valence-electron chi connectivity index (χ3n) is 1.77. The maximum absolute atomic E-state index is 12.0. The highest BCUT2D eigenvalue weighted by atomic mass is 35.5. The Morgan fingerprint density at radius 2 is 2.06 bits per heavy atom. The number of nitrogens with zero attached hydrogens (tertiary/aromatic N) is 1. The molecule has 4 nitrogen and oxygen atoms in total. The van der Waals surface area contributed by atoms with Gasteiger partial charge in [-0.25, -0.2) is 0 Å². The Bertz CT molecular complexity index is 448. The molecule has 0 aliphatic rings. The number of hydrogen-bond acceptors (Lipinski definition) is 4. The van der Waals surface area contributed by atoms with E-state index in [9.17, 15) is 18.0 Å². The minimum absolute atomic E-state index is 0.0938. The molecule has 94 valence electrons. The number of halogens is 4. The summed E-state index contributed by atoms with van der Waals surface area (Å²) in [4.78, 5) is 14.4. The van der Waals surface area contributed by atoms with Gasteiger partial charge in [-0.3, -0.25) is 4.79 Å². The van der Waals surface area contributed by atoms with Crippen LogP contribution in [-0.2, 0) is 0 Å². The Kier molecular flexibility index (Phi) is 3.82. The van der Waals surface area contributed by atoms with Gasteiger partial charge in [0, 0.05) is 6.07 Å². The second-order valence-electron chi connectivity index (χ2n) is 2.98. The molecule has 0 saturated carbocycles. The molecule has 0 aliphatic carbocycles. The van der Waals surface area contributed by atoms with Crippen LogP contribution >= 0.6 is 11.6 Å². The van der Waals surface area contributed by atoms with Gasteiger partial charge in [-0.1, -0.05) is 0 Å². The zero-order valence-electron chi connectivity index (χ0n) is 8.76. The van der Waals surface area contributed by atoms with Crippen LogP contribution in [0.25, 0.3) is 0 Å². The molecule has 0 spiro atoms.